The standard InChI is InChI=1S/C10H7N/c1-2-7-6-8-4-5-11-9(3-1)10(7)8/h1-5H,6H2. The lowest BCUT2D eigenvalue weighted by molar-refractivity contribution is 1.14. The Kier molecular flexibility index (Phi) is 0.779. The van der Waals surface area contributed by atoms with Gasteiger partial charge in [0.1, 0.15) is 0 Å². The van der Waals surface area contributed by atoms with Crippen molar-refractivity contribution >= 4 is 10.9 Å². The molecule has 0 amide bonds. The van der Waals surface area contributed by atoms with Crippen molar-refractivity contribution in [3.05, 3.63) is 41.6 Å². The minimum atomic E-state index is 1.13. The monoisotopic (exact) mass is 141 g/mol. The highest BCUT2D eigenvalue weighted by molar-refractivity contribution is 5.91. The van der Waals surface area contributed by atoms with E-state index in [-0.39, 0.29) is 0 Å². The Morgan fingerprint density at radius 1 is 1.09 bits per heavy atom. The first-order valence-electron chi connectivity index (χ1n) is 3.80. The third kappa shape index (κ3) is 0.535. The van der Waals surface area contributed by atoms with Crippen molar-refractivity contribution in [2.75, 3.05) is 0 Å². The highest BCUT2D eigenvalue weighted by Crippen LogP contribution is 2.32. The van der Waals surface area contributed by atoms with Crippen molar-refractivity contribution in [2.45, 2.75) is 6.42 Å². The molecule has 2 aromatic rings. The van der Waals surface area contributed by atoms with E-state index in [9.17, 15) is 0 Å². The van der Waals surface area contributed by atoms with Gasteiger partial charge in [-0.2, -0.15) is 0 Å². The van der Waals surface area contributed by atoms with Gasteiger partial charge in [0.25, 0.3) is 0 Å². The molecule has 0 unspecified atom stereocenters. The highest BCUT2D eigenvalue weighted by atomic mass is 14.7. The fourth-order valence-electron chi connectivity index (χ4n) is 1.75. The molecule has 0 saturated heterocycles. The van der Waals surface area contributed by atoms with Crippen LogP contribution < -0.4 is 0 Å². The SMILES string of the molecule is c1cc2c3c(ccnc3c1)C2. The Morgan fingerprint density at radius 2 is 2.00 bits per heavy atom. The van der Waals surface area contributed by atoms with Crippen LogP contribution in [0.25, 0.3) is 10.9 Å². The molecule has 1 heterocycles. The summed E-state index contributed by atoms with van der Waals surface area (Å²) >= 11 is 0. The summed E-state index contributed by atoms with van der Waals surface area (Å²) in [4.78, 5) is 4.28. The molecule has 1 aromatic carbocycles. The van der Waals surface area contributed by atoms with Crippen LogP contribution in [-0.4, -0.2) is 4.98 Å². The maximum Gasteiger partial charge on any atom is 0.0707 e. The van der Waals surface area contributed by atoms with Gasteiger partial charge in [-0.15, -0.1) is 0 Å². The lowest BCUT2D eigenvalue weighted by Gasteiger charge is -2.18. The molecule has 0 radical (unpaired) electrons. The summed E-state index contributed by atoms with van der Waals surface area (Å²) in [6.45, 7) is 0. The topological polar surface area (TPSA) is 12.9 Å². The van der Waals surface area contributed by atoms with E-state index in [4.69, 9.17) is 0 Å². The van der Waals surface area contributed by atoms with Gasteiger partial charge in [0.05, 0.1) is 5.52 Å². The molecule has 0 saturated carbocycles. The largest absolute Gasteiger partial charge is 0.256 e. The number of hydrogen-bond donors (Lipinski definition) is 0. The van der Waals surface area contributed by atoms with Gasteiger partial charge in [-0.25, -0.2) is 0 Å². The first-order chi connectivity index (χ1) is 5.45. The molecule has 0 aliphatic heterocycles. The fourth-order valence-corrected chi connectivity index (χ4v) is 1.75. The van der Waals surface area contributed by atoms with Crippen molar-refractivity contribution in [1.82, 2.24) is 4.98 Å². The molecule has 52 valence electrons. The zero-order valence-electron chi connectivity index (χ0n) is 6.04. The second-order valence-electron chi connectivity index (χ2n) is 2.96. The summed E-state index contributed by atoms with van der Waals surface area (Å²) in [5.74, 6) is 0. The van der Waals surface area contributed by atoms with E-state index >= 15 is 0 Å². The number of aromatic nitrogens is 1. The van der Waals surface area contributed by atoms with E-state index in [1.807, 2.05) is 6.20 Å². The maximum atomic E-state index is 4.28. The second-order valence-corrected chi connectivity index (χ2v) is 2.96. The quantitative estimate of drug-likeness (QED) is 0.467. The van der Waals surface area contributed by atoms with Crippen LogP contribution in [0.3, 0.4) is 0 Å². The Labute approximate surface area is 64.7 Å². The zero-order chi connectivity index (χ0) is 7.26. The predicted molar refractivity (Wildman–Crippen MR) is 44.5 cm³/mol. The molecule has 0 N–H and O–H groups in total. The molecular weight excluding hydrogens is 134 g/mol. The Morgan fingerprint density at radius 3 is 2.91 bits per heavy atom. The number of benzene rings is 1. The van der Waals surface area contributed by atoms with Gasteiger partial charge in [0, 0.05) is 11.6 Å². The minimum Gasteiger partial charge on any atom is -0.256 e. The van der Waals surface area contributed by atoms with E-state index < -0.39 is 0 Å². The second kappa shape index (κ2) is 1.62. The molecule has 0 spiro atoms. The minimum absolute atomic E-state index is 1.13. The molecule has 1 nitrogen and oxygen atoms in total. The summed E-state index contributed by atoms with van der Waals surface area (Å²) in [6.07, 6.45) is 3.02. The molecule has 0 fully saturated rings. The van der Waals surface area contributed by atoms with Crippen LogP contribution in [0.4, 0.5) is 0 Å². The van der Waals surface area contributed by atoms with Crippen molar-refractivity contribution in [3.8, 4) is 0 Å². The Balaban J connectivity index is 2.61. The Bertz CT molecular complexity index is 395. The molecule has 1 aliphatic carbocycles. The summed E-state index contributed by atoms with van der Waals surface area (Å²) in [5.41, 5.74) is 4.04. The molecule has 3 rings (SSSR count). The van der Waals surface area contributed by atoms with E-state index in [0.29, 0.717) is 0 Å². The molecular formula is C10H7N. The third-order valence-corrected chi connectivity index (χ3v) is 2.32. The average molecular weight is 141 g/mol. The van der Waals surface area contributed by atoms with Crippen molar-refractivity contribution in [3.63, 3.8) is 0 Å². The van der Waals surface area contributed by atoms with E-state index in [2.05, 4.69) is 29.2 Å². The lowest BCUT2D eigenvalue weighted by atomic mass is 9.88. The van der Waals surface area contributed by atoms with E-state index in [0.717, 1.165) is 11.9 Å². The molecule has 1 aliphatic rings. The molecule has 11 heavy (non-hydrogen) atoms. The molecule has 0 atom stereocenters. The van der Waals surface area contributed by atoms with Crippen LogP contribution in [0.2, 0.25) is 0 Å². The van der Waals surface area contributed by atoms with Gasteiger partial charge >= 0.3 is 0 Å². The number of hydrogen-bond acceptors (Lipinski definition) is 1. The first kappa shape index (κ1) is 5.30. The smallest absolute Gasteiger partial charge is 0.0707 e. The number of rotatable bonds is 0. The summed E-state index contributed by atoms with van der Waals surface area (Å²) < 4.78 is 0. The number of nitrogens with zero attached hydrogens (tertiary/aromatic N) is 1. The fraction of sp³-hybridized carbons (Fsp3) is 0.100. The van der Waals surface area contributed by atoms with Gasteiger partial charge in [0.2, 0.25) is 0 Å². The molecule has 1 aromatic heterocycles. The lowest BCUT2D eigenvalue weighted by Crippen LogP contribution is -2.03. The van der Waals surface area contributed by atoms with E-state index in [1.165, 1.54) is 16.5 Å². The molecule has 1 heteroatoms. The third-order valence-electron chi connectivity index (χ3n) is 2.32. The van der Waals surface area contributed by atoms with Crippen LogP contribution in [-0.2, 0) is 6.42 Å². The summed E-state index contributed by atoms with van der Waals surface area (Å²) in [5, 5.41) is 1.38. The summed E-state index contributed by atoms with van der Waals surface area (Å²) in [7, 11) is 0. The Hall–Kier alpha value is -1.37. The first-order valence-corrected chi connectivity index (χ1v) is 3.80. The van der Waals surface area contributed by atoms with Gasteiger partial charge < -0.3 is 0 Å². The zero-order valence-corrected chi connectivity index (χ0v) is 6.04. The van der Waals surface area contributed by atoms with Crippen LogP contribution >= 0.6 is 0 Å². The summed E-state index contributed by atoms with van der Waals surface area (Å²) in [6, 6.07) is 8.43. The van der Waals surface area contributed by atoms with Gasteiger partial charge in [0.15, 0.2) is 0 Å². The van der Waals surface area contributed by atoms with Crippen molar-refractivity contribution in [1.29, 1.82) is 0 Å². The van der Waals surface area contributed by atoms with Gasteiger partial charge in [-0.05, 0) is 29.7 Å². The van der Waals surface area contributed by atoms with E-state index in [1.54, 1.807) is 0 Å². The van der Waals surface area contributed by atoms with Crippen LogP contribution in [0.15, 0.2) is 30.5 Å². The highest BCUT2D eigenvalue weighted by Gasteiger charge is 2.15. The van der Waals surface area contributed by atoms with Crippen molar-refractivity contribution in [2.24, 2.45) is 0 Å². The average Bonchev–Trinajstić information content (AvgIpc) is 2.01. The van der Waals surface area contributed by atoms with Crippen LogP contribution in [0.1, 0.15) is 11.1 Å². The van der Waals surface area contributed by atoms with Crippen LogP contribution in [0, 0.1) is 0 Å². The maximum absolute atomic E-state index is 4.28. The molecule has 0 bridgehead atoms. The number of pyridine rings is 1. The van der Waals surface area contributed by atoms with Crippen LogP contribution in [0.5, 0.6) is 0 Å². The van der Waals surface area contributed by atoms with Gasteiger partial charge in [-0.3, -0.25) is 4.98 Å². The predicted octanol–water partition coefficient (Wildman–Crippen LogP) is 2.14. The normalized spacial score (nSPS) is 13.1. The van der Waals surface area contributed by atoms with Gasteiger partial charge in [-0.1, -0.05) is 12.1 Å². The van der Waals surface area contributed by atoms with Crippen molar-refractivity contribution < 1.29 is 0 Å².